The molecule has 0 amide bonds. The zero-order chi connectivity index (χ0) is 14.0. The minimum absolute atomic E-state index is 0.315. The summed E-state index contributed by atoms with van der Waals surface area (Å²) in [4.78, 5) is 4.67. The molecule has 2 N–H and O–H groups in total. The summed E-state index contributed by atoms with van der Waals surface area (Å²) in [6.07, 6.45) is 1.12. The molecule has 1 heterocycles. The largest absolute Gasteiger partial charge is 0.492 e. The second kappa shape index (κ2) is 5.47. The van der Waals surface area contributed by atoms with Crippen molar-refractivity contribution >= 4 is 21.6 Å². The maximum Gasteiger partial charge on any atom is 0.120 e. The first-order valence-electron chi connectivity index (χ1n) is 6.71. The highest BCUT2D eigenvalue weighted by molar-refractivity contribution is 7.18. The summed E-state index contributed by atoms with van der Waals surface area (Å²) in [6, 6.07) is 6.05. The van der Waals surface area contributed by atoms with Crippen molar-refractivity contribution < 1.29 is 4.74 Å². The smallest absolute Gasteiger partial charge is 0.120 e. The molecule has 1 aromatic heterocycles. The second-order valence-corrected chi connectivity index (χ2v) is 6.83. The average Bonchev–Trinajstić information content (AvgIpc) is 2.77. The molecule has 1 aromatic carbocycles. The summed E-state index contributed by atoms with van der Waals surface area (Å²) in [6.45, 7) is 8.83. The fourth-order valence-corrected chi connectivity index (χ4v) is 2.80. The molecule has 0 saturated heterocycles. The van der Waals surface area contributed by atoms with Crippen LogP contribution >= 0.6 is 11.3 Å². The van der Waals surface area contributed by atoms with Gasteiger partial charge in [-0.25, -0.2) is 4.98 Å². The van der Waals surface area contributed by atoms with Crippen LogP contribution in [-0.2, 0) is 0 Å². The minimum atomic E-state index is -0.315. The maximum absolute atomic E-state index is 5.92. The van der Waals surface area contributed by atoms with Crippen LogP contribution in [0.4, 0.5) is 0 Å². The van der Waals surface area contributed by atoms with Crippen molar-refractivity contribution in [3.05, 3.63) is 23.2 Å². The summed E-state index contributed by atoms with van der Waals surface area (Å²) in [5.41, 5.74) is 6.66. The molecule has 0 spiro atoms. The number of nitrogens with two attached hydrogens (primary N) is 1. The summed E-state index contributed by atoms with van der Waals surface area (Å²) in [5, 5.41) is 1.20. The molecule has 2 rings (SSSR count). The van der Waals surface area contributed by atoms with E-state index in [0.29, 0.717) is 12.5 Å². The molecule has 1 atom stereocenters. The number of rotatable bonds is 5. The van der Waals surface area contributed by atoms with E-state index in [1.54, 1.807) is 11.3 Å². The first-order chi connectivity index (χ1) is 8.89. The monoisotopic (exact) mass is 278 g/mol. The lowest BCUT2D eigenvalue weighted by atomic mass is 10.1. The van der Waals surface area contributed by atoms with Crippen LogP contribution in [0.15, 0.2) is 18.2 Å². The number of benzene rings is 1. The Morgan fingerprint density at radius 1 is 1.42 bits per heavy atom. The molecule has 3 nitrogen and oxygen atoms in total. The highest BCUT2D eigenvalue weighted by Gasteiger charge is 2.13. The molecule has 4 heteroatoms. The highest BCUT2D eigenvalue weighted by Crippen LogP contribution is 2.31. The van der Waals surface area contributed by atoms with Crippen molar-refractivity contribution in [1.29, 1.82) is 0 Å². The van der Waals surface area contributed by atoms with Gasteiger partial charge in [0.05, 0.1) is 15.2 Å². The van der Waals surface area contributed by atoms with E-state index < -0.39 is 0 Å². The van der Waals surface area contributed by atoms with E-state index >= 15 is 0 Å². The van der Waals surface area contributed by atoms with Gasteiger partial charge >= 0.3 is 0 Å². The van der Waals surface area contributed by atoms with Gasteiger partial charge in [-0.3, -0.25) is 0 Å². The molecule has 0 bridgehead atoms. The number of ether oxygens (including phenoxy) is 1. The van der Waals surface area contributed by atoms with Crippen molar-refractivity contribution in [3.8, 4) is 5.75 Å². The average molecular weight is 278 g/mol. The third-order valence-corrected chi connectivity index (χ3v) is 4.27. The Bertz CT molecular complexity index is 557. The van der Waals surface area contributed by atoms with Crippen LogP contribution in [0.25, 0.3) is 10.2 Å². The number of aromatic nitrogens is 1. The van der Waals surface area contributed by atoms with Gasteiger partial charge in [-0.05, 0) is 38.5 Å². The second-order valence-electron chi connectivity index (χ2n) is 5.77. The van der Waals surface area contributed by atoms with Crippen molar-refractivity contribution in [2.45, 2.75) is 45.6 Å². The van der Waals surface area contributed by atoms with Crippen LogP contribution < -0.4 is 10.5 Å². The van der Waals surface area contributed by atoms with Crippen LogP contribution in [0.1, 0.15) is 45.0 Å². The number of hydrogen-bond acceptors (Lipinski definition) is 4. The topological polar surface area (TPSA) is 48.1 Å². The molecule has 0 aliphatic rings. The minimum Gasteiger partial charge on any atom is -0.492 e. The fraction of sp³-hybridized carbons (Fsp3) is 0.533. The Morgan fingerprint density at radius 3 is 2.79 bits per heavy atom. The predicted molar refractivity (Wildman–Crippen MR) is 82.1 cm³/mol. The molecular formula is C15H22N2OS. The quantitative estimate of drug-likeness (QED) is 0.901. The van der Waals surface area contributed by atoms with E-state index in [0.717, 1.165) is 17.7 Å². The van der Waals surface area contributed by atoms with E-state index in [-0.39, 0.29) is 5.54 Å². The van der Waals surface area contributed by atoms with E-state index in [4.69, 9.17) is 10.5 Å². The molecule has 0 radical (unpaired) electrons. The highest BCUT2D eigenvalue weighted by atomic mass is 32.1. The van der Waals surface area contributed by atoms with Gasteiger partial charge in [0.2, 0.25) is 0 Å². The van der Waals surface area contributed by atoms with Crippen LogP contribution in [0.2, 0.25) is 0 Å². The first kappa shape index (κ1) is 14.3. The van der Waals surface area contributed by atoms with Gasteiger partial charge < -0.3 is 10.5 Å². The third kappa shape index (κ3) is 3.67. The number of nitrogens with zero attached hydrogens (tertiary/aromatic N) is 1. The van der Waals surface area contributed by atoms with E-state index in [1.165, 1.54) is 9.71 Å². The molecule has 0 aliphatic carbocycles. The molecule has 104 valence electrons. The van der Waals surface area contributed by atoms with Crippen LogP contribution in [0.5, 0.6) is 5.75 Å². The van der Waals surface area contributed by atoms with Gasteiger partial charge in [0.1, 0.15) is 12.4 Å². The van der Waals surface area contributed by atoms with Gasteiger partial charge in [0.15, 0.2) is 0 Å². The Kier molecular flexibility index (Phi) is 4.11. The van der Waals surface area contributed by atoms with Crippen LogP contribution in [-0.4, -0.2) is 17.1 Å². The lowest BCUT2D eigenvalue weighted by molar-refractivity contribution is 0.243. The summed E-state index contributed by atoms with van der Waals surface area (Å²) < 4.78 is 6.91. The van der Waals surface area contributed by atoms with Gasteiger partial charge in [0.25, 0.3) is 0 Å². The summed E-state index contributed by atoms with van der Waals surface area (Å²) in [5.74, 6) is 1.38. The Balaban J connectivity index is 2.20. The number of fused-ring (bicyclic) bond motifs is 1. The summed E-state index contributed by atoms with van der Waals surface area (Å²) in [7, 11) is 0. The van der Waals surface area contributed by atoms with Crippen LogP contribution in [0.3, 0.4) is 0 Å². The van der Waals surface area contributed by atoms with E-state index in [2.05, 4.69) is 24.9 Å². The van der Waals surface area contributed by atoms with E-state index in [9.17, 15) is 0 Å². The number of hydrogen-bond donors (Lipinski definition) is 1. The molecule has 0 fully saturated rings. The zero-order valence-corrected chi connectivity index (χ0v) is 12.9. The lowest BCUT2D eigenvalue weighted by Gasteiger charge is -2.18. The van der Waals surface area contributed by atoms with Crippen molar-refractivity contribution in [2.75, 3.05) is 6.61 Å². The van der Waals surface area contributed by atoms with Gasteiger partial charge in [-0.15, -0.1) is 11.3 Å². The normalized spacial score (nSPS) is 13.7. The summed E-state index contributed by atoms with van der Waals surface area (Å²) >= 11 is 1.76. The molecular weight excluding hydrogens is 256 g/mol. The first-order valence-corrected chi connectivity index (χ1v) is 7.53. The Morgan fingerprint density at radius 2 is 2.16 bits per heavy atom. The SMILES string of the molecule is CCC(C)c1nc2ccc(OCC(C)(C)N)cc2s1. The molecule has 0 saturated carbocycles. The fourth-order valence-electron chi connectivity index (χ4n) is 1.67. The Labute approximate surface area is 118 Å². The van der Waals surface area contributed by atoms with Crippen molar-refractivity contribution in [1.82, 2.24) is 4.98 Å². The predicted octanol–water partition coefficient (Wildman–Crippen LogP) is 3.93. The standard InChI is InChI=1S/C15H22N2OS/c1-5-10(2)14-17-12-7-6-11(8-13(12)19-14)18-9-15(3,4)16/h6-8,10H,5,9,16H2,1-4H3. The molecule has 2 aromatic rings. The van der Waals surface area contributed by atoms with Gasteiger partial charge in [-0.1, -0.05) is 13.8 Å². The molecule has 1 unspecified atom stereocenters. The van der Waals surface area contributed by atoms with Crippen LogP contribution in [0, 0.1) is 0 Å². The van der Waals surface area contributed by atoms with Crippen molar-refractivity contribution in [3.63, 3.8) is 0 Å². The van der Waals surface area contributed by atoms with Gasteiger partial charge in [0, 0.05) is 11.5 Å². The Hall–Kier alpha value is -1.13. The van der Waals surface area contributed by atoms with E-state index in [1.807, 2.05) is 26.0 Å². The number of thiazole rings is 1. The van der Waals surface area contributed by atoms with Crippen molar-refractivity contribution in [2.24, 2.45) is 5.73 Å². The third-order valence-electron chi connectivity index (χ3n) is 3.02. The lowest BCUT2D eigenvalue weighted by Crippen LogP contribution is -2.38. The molecule has 19 heavy (non-hydrogen) atoms. The maximum atomic E-state index is 5.92. The van der Waals surface area contributed by atoms with Gasteiger partial charge in [-0.2, -0.15) is 0 Å². The zero-order valence-electron chi connectivity index (χ0n) is 12.1. The molecule has 0 aliphatic heterocycles.